The van der Waals surface area contributed by atoms with Crippen molar-refractivity contribution in [2.45, 2.75) is 20.8 Å². The number of aromatic nitrogens is 2. The number of hydrogen-bond donors (Lipinski definition) is 0. The van der Waals surface area contributed by atoms with Crippen LogP contribution in [0.3, 0.4) is 0 Å². The fourth-order valence-electron chi connectivity index (χ4n) is 1.63. The number of aryl methyl sites for hydroxylation is 2. The van der Waals surface area contributed by atoms with Crippen molar-refractivity contribution < 1.29 is 14.1 Å². The second kappa shape index (κ2) is 5.20. The summed E-state index contributed by atoms with van der Waals surface area (Å²) in [5.41, 5.74) is 1.09. The van der Waals surface area contributed by atoms with E-state index in [-0.39, 0.29) is 17.3 Å². The van der Waals surface area contributed by atoms with Crippen LogP contribution in [0.2, 0.25) is 0 Å². The molecule has 0 saturated heterocycles. The summed E-state index contributed by atoms with van der Waals surface area (Å²) in [7, 11) is 0. The quantitative estimate of drug-likeness (QED) is 0.635. The standard InChI is InChI=1S/C13H12FN3O3/c1-7-8(2)15-9(3)16-13(7)20-12-5-4-10(17(18)19)6-11(12)14/h4-6H,1-3H3. The fraction of sp³-hybridized carbons (Fsp3) is 0.231. The Labute approximate surface area is 114 Å². The lowest BCUT2D eigenvalue weighted by molar-refractivity contribution is -0.385. The lowest BCUT2D eigenvalue weighted by Crippen LogP contribution is -2.01. The number of nitro benzene ring substituents is 1. The van der Waals surface area contributed by atoms with Crippen LogP contribution in [-0.4, -0.2) is 14.9 Å². The third kappa shape index (κ3) is 2.71. The number of benzene rings is 1. The highest BCUT2D eigenvalue weighted by molar-refractivity contribution is 5.40. The van der Waals surface area contributed by atoms with Gasteiger partial charge >= 0.3 is 0 Å². The Hall–Kier alpha value is -2.57. The maximum Gasteiger partial charge on any atom is 0.272 e. The largest absolute Gasteiger partial charge is 0.436 e. The van der Waals surface area contributed by atoms with Crippen molar-refractivity contribution in [1.29, 1.82) is 0 Å². The first-order valence-electron chi connectivity index (χ1n) is 5.82. The number of non-ortho nitro benzene ring substituents is 1. The van der Waals surface area contributed by atoms with E-state index >= 15 is 0 Å². The minimum Gasteiger partial charge on any atom is -0.436 e. The summed E-state index contributed by atoms with van der Waals surface area (Å²) < 4.78 is 19.1. The van der Waals surface area contributed by atoms with E-state index in [9.17, 15) is 14.5 Å². The smallest absolute Gasteiger partial charge is 0.272 e. The molecule has 0 aliphatic carbocycles. The van der Waals surface area contributed by atoms with Crippen LogP contribution >= 0.6 is 0 Å². The van der Waals surface area contributed by atoms with Crippen molar-refractivity contribution in [3.8, 4) is 11.6 Å². The van der Waals surface area contributed by atoms with Gasteiger partial charge in [-0.2, -0.15) is 4.98 Å². The Kier molecular flexibility index (Phi) is 3.60. The summed E-state index contributed by atoms with van der Waals surface area (Å²) >= 11 is 0. The SMILES string of the molecule is Cc1nc(C)c(C)c(Oc2ccc([N+](=O)[O-])cc2F)n1. The monoisotopic (exact) mass is 277 g/mol. The summed E-state index contributed by atoms with van der Waals surface area (Å²) in [6.45, 7) is 5.25. The van der Waals surface area contributed by atoms with Crippen LogP contribution in [0.1, 0.15) is 17.1 Å². The molecule has 104 valence electrons. The number of nitro groups is 1. The van der Waals surface area contributed by atoms with E-state index in [1.54, 1.807) is 20.8 Å². The predicted molar refractivity (Wildman–Crippen MR) is 69.4 cm³/mol. The zero-order chi connectivity index (χ0) is 14.9. The molecule has 0 amide bonds. The molecular formula is C13H12FN3O3. The van der Waals surface area contributed by atoms with Crippen molar-refractivity contribution >= 4 is 5.69 Å². The highest BCUT2D eigenvalue weighted by atomic mass is 19.1. The second-order valence-electron chi connectivity index (χ2n) is 4.26. The highest BCUT2D eigenvalue weighted by Crippen LogP contribution is 2.28. The normalized spacial score (nSPS) is 10.4. The lowest BCUT2D eigenvalue weighted by atomic mass is 10.2. The maximum absolute atomic E-state index is 13.8. The zero-order valence-corrected chi connectivity index (χ0v) is 11.2. The molecule has 7 heteroatoms. The first-order valence-corrected chi connectivity index (χ1v) is 5.82. The molecule has 0 bridgehead atoms. The first-order chi connectivity index (χ1) is 9.38. The van der Waals surface area contributed by atoms with Gasteiger partial charge in [0.2, 0.25) is 5.88 Å². The van der Waals surface area contributed by atoms with Crippen molar-refractivity contribution in [1.82, 2.24) is 9.97 Å². The average Bonchev–Trinajstić information content (AvgIpc) is 2.37. The molecule has 1 heterocycles. The van der Waals surface area contributed by atoms with Gasteiger partial charge in [0.15, 0.2) is 11.6 Å². The third-order valence-corrected chi connectivity index (χ3v) is 2.79. The summed E-state index contributed by atoms with van der Waals surface area (Å²) in [5, 5.41) is 10.5. The van der Waals surface area contributed by atoms with Crippen LogP contribution in [0.15, 0.2) is 18.2 Å². The van der Waals surface area contributed by atoms with E-state index in [1.807, 2.05) is 0 Å². The topological polar surface area (TPSA) is 78.2 Å². The second-order valence-corrected chi connectivity index (χ2v) is 4.26. The van der Waals surface area contributed by atoms with Crippen molar-refractivity contribution in [2.24, 2.45) is 0 Å². The van der Waals surface area contributed by atoms with Crippen LogP contribution in [0.4, 0.5) is 10.1 Å². The van der Waals surface area contributed by atoms with E-state index in [2.05, 4.69) is 9.97 Å². The number of halogens is 1. The van der Waals surface area contributed by atoms with Crippen LogP contribution in [0.5, 0.6) is 11.6 Å². The molecule has 20 heavy (non-hydrogen) atoms. The summed E-state index contributed by atoms with van der Waals surface area (Å²) in [6.07, 6.45) is 0. The summed E-state index contributed by atoms with van der Waals surface area (Å²) in [5.74, 6) is -0.183. The van der Waals surface area contributed by atoms with Crippen LogP contribution in [-0.2, 0) is 0 Å². The molecule has 0 fully saturated rings. The van der Waals surface area contributed by atoms with Gasteiger partial charge in [-0.15, -0.1) is 0 Å². The molecule has 2 rings (SSSR count). The van der Waals surface area contributed by atoms with Crippen LogP contribution < -0.4 is 4.74 Å². The third-order valence-electron chi connectivity index (χ3n) is 2.79. The molecule has 0 aliphatic rings. The van der Waals surface area contributed by atoms with E-state index in [0.29, 0.717) is 11.4 Å². The Bertz CT molecular complexity index is 689. The lowest BCUT2D eigenvalue weighted by Gasteiger charge is -2.10. The van der Waals surface area contributed by atoms with Crippen molar-refractivity contribution in [3.63, 3.8) is 0 Å². The van der Waals surface area contributed by atoms with Gasteiger partial charge in [0.05, 0.1) is 11.0 Å². The first kappa shape index (κ1) is 13.9. The highest BCUT2D eigenvalue weighted by Gasteiger charge is 2.15. The van der Waals surface area contributed by atoms with E-state index < -0.39 is 10.7 Å². The molecule has 0 aliphatic heterocycles. The number of ether oxygens (including phenoxy) is 1. The molecule has 1 aromatic heterocycles. The maximum atomic E-state index is 13.8. The Morgan fingerprint density at radius 1 is 1.25 bits per heavy atom. The summed E-state index contributed by atoms with van der Waals surface area (Å²) in [4.78, 5) is 18.1. The van der Waals surface area contributed by atoms with Gasteiger partial charge < -0.3 is 4.74 Å². The molecule has 2 aromatic rings. The molecule has 0 radical (unpaired) electrons. The zero-order valence-electron chi connectivity index (χ0n) is 11.2. The van der Waals surface area contributed by atoms with Crippen molar-refractivity contribution in [2.75, 3.05) is 0 Å². The minimum absolute atomic E-state index is 0.115. The van der Waals surface area contributed by atoms with Gasteiger partial charge in [-0.1, -0.05) is 0 Å². The van der Waals surface area contributed by atoms with Crippen LogP contribution in [0.25, 0.3) is 0 Å². The molecule has 0 unspecified atom stereocenters. The van der Waals surface area contributed by atoms with E-state index in [1.165, 1.54) is 12.1 Å². The van der Waals surface area contributed by atoms with Gasteiger partial charge in [-0.25, -0.2) is 9.37 Å². The average molecular weight is 277 g/mol. The van der Waals surface area contributed by atoms with E-state index in [4.69, 9.17) is 4.74 Å². The molecule has 0 N–H and O–H groups in total. The predicted octanol–water partition coefficient (Wildman–Crippen LogP) is 3.24. The molecule has 0 spiro atoms. The summed E-state index contributed by atoms with van der Waals surface area (Å²) in [6, 6.07) is 3.19. The fourth-order valence-corrected chi connectivity index (χ4v) is 1.63. The number of nitrogens with zero attached hydrogens (tertiary/aromatic N) is 3. The Morgan fingerprint density at radius 2 is 1.95 bits per heavy atom. The molecule has 1 aromatic carbocycles. The minimum atomic E-state index is -0.812. The molecule has 6 nitrogen and oxygen atoms in total. The Balaban J connectivity index is 2.38. The van der Waals surface area contributed by atoms with Gasteiger partial charge in [0.1, 0.15) is 5.82 Å². The van der Waals surface area contributed by atoms with Gasteiger partial charge in [-0.3, -0.25) is 10.1 Å². The van der Waals surface area contributed by atoms with Crippen LogP contribution in [0, 0.1) is 36.7 Å². The van der Waals surface area contributed by atoms with Gasteiger partial charge in [0.25, 0.3) is 5.69 Å². The molecular weight excluding hydrogens is 265 g/mol. The number of hydrogen-bond acceptors (Lipinski definition) is 5. The molecule has 0 atom stereocenters. The van der Waals surface area contributed by atoms with Gasteiger partial charge in [-0.05, 0) is 26.8 Å². The number of rotatable bonds is 3. The van der Waals surface area contributed by atoms with Crippen molar-refractivity contribution in [3.05, 3.63) is 51.2 Å². The Morgan fingerprint density at radius 3 is 2.55 bits per heavy atom. The molecule has 0 saturated carbocycles. The van der Waals surface area contributed by atoms with E-state index in [0.717, 1.165) is 11.8 Å². The van der Waals surface area contributed by atoms with Gasteiger partial charge in [0, 0.05) is 17.3 Å².